The van der Waals surface area contributed by atoms with Gasteiger partial charge in [-0.25, -0.2) is 14.8 Å². The number of carboxylic acids is 1. The van der Waals surface area contributed by atoms with Crippen molar-refractivity contribution in [3.63, 3.8) is 0 Å². The summed E-state index contributed by atoms with van der Waals surface area (Å²) in [5.41, 5.74) is 2.74. The minimum atomic E-state index is -0.876. The molecule has 2 aromatic carbocycles. The molecule has 0 saturated carbocycles. The van der Waals surface area contributed by atoms with Crippen LogP contribution in [0.15, 0.2) is 67.0 Å². The van der Waals surface area contributed by atoms with Crippen LogP contribution in [0, 0.1) is 0 Å². The van der Waals surface area contributed by atoms with E-state index in [1.54, 1.807) is 6.07 Å². The Balaban J connectivity index is 0.00000320. The van der Waals surface area contributed by atoms with Gasteiger partial charge < -0.3 is 15.2 Å². The van der Waals surface area contributed by atoms with Crippen molar-refractivity contribution in [3.05, 3.63) is 72.6 Å². The first-order valence-electron chi connectivity index (χ1n) is 9.74. The van der Waals surface area contributed by atoms with Gasteiger partial charge in [-0.05, 0) is 36.2 Å². The lowest BCUT2D eigenvalue weighted by Crippen LogP contribution is -2.29. The summed E-state index contributed by atoms with van der Waals surface area (Å²) in [6, 6.07) is 18.8. The highest BCUT2D eigenvalue weighted by atomic mass is 35.5. The van der Waals surface area contributed by atoms with Crippen LogP contribution in [0.4, 0.5) is 5.82 Å². The number of aromatic nitrogens is 2. The molecule has 0 radical (unpaired) electrons. The van der Waals surface area contributed by atoms with Crippen molar-refractivity contribution in [3.8, 4) is 17.0 Å². The minimum Gasteiger partial charge on any atom is -0.489 e. The number of nitrogens with zero attached hydrogens (tertiary/aromatic N) is 2. The molecule has 0 unspecified atom stereocenters. The molecule has 1 heterocycles. The van der Waals surface area contributed by atoms with Crippen LogP contribution in [-0.2, 0) is 11.4 Å². The maximum atomic E-state index is 11.4. The van der Waals surface area contributed by atoms with Gasteiger partial charge in [0.05, 0.1) is 5.69 Å². The highest BCUT2D eigenvalue weighted by Gasteiger charge is 2.17. The molecule has 1 atom stereocenters. The molecular formula is C23H26ClN3O3. The number of hydrogen-bond donors (Lipinski definition) is 2. The Morgan fingerprint density at radius 2 is 1.83 bits per heavy atom. The van der Waals surface area contributed by atoms with Gasteiger partial charge in [-0.2, -0.15) is 0 Å². The van der Waals surface area contributed by atoms with E-state index in [4.69, 9.17) is 4.74 Å². The summed E-state index contributed by atoms with van der Waals surface area (Å²) in [4.78, 5) is 19.9. The summed E-state index contributed by atoms with van der Waals surface area (Å²) in [6.45, 7) is 2.55. The van der Waals surface area contributed by atoms with Crippen LogP contribution in [-0.4, -0.2) is 27.1 Å². The standard InChI is InChI=1S/C23H25N3O3.ClH/c1-2-3-9-20(23(27)28)26-22-14-21(24-16-25-22)18-10-12-19(13-11-18)29-15-17-7-5-4-6-8-17;/h4-8,10-14,16,20H,2-3,9,15H2,1H3,(H,27,28)(H,24,25,26);1H/t20-;/m1./s1. The van der Waals surface area contributed by atoms with Crippen LogP contribution in [0.5, 0.6) is 5.75 Å². The molecule has 3 aromatic rings. The van der Waals surface area contributed by atoms with Crippen molar-refractivity contribution in [2.24, 2.45) is 0 Å². The summed E-state index contributed by atoms with van der Waals surface area (Å²) in [5, 5.41) is 12.4. The molecule has 0 aliphatic rings. The Bertz CT molecular complexity index is 920. The number of unbranched alkanes of at least 4 members (excludes halogenated alkanes) is 1. The summed E-state index contributed by atoms with van der Waals surface area (Å²) >= 11 is 0. The quantitative estimate of drug-likeness (QED) is 0.462. The molecule has 0 bridgehead atoms. The number of anilines is 1. The van der Waals surface area contributed by atoms with Gasteiger partial charge >= 0.3 is 5.97 Å². The average Bonchev–Trinajstić information content (AvgIpc) is 2.76. The van der Waals surface area contributed by atoms with Gasteiger partial charge in [-0.3, -0.25) is 0 Å². The fourth-order valence-corrected chi connectivity index (χ4v) is 2.90. The van der Waals surface area contributed by atoms with E-state index in [-0.39, 0.29) is 12.4 Å². The van der Waals surface area contributed by atoms with E-state index in [1.807, 2.05) is 61.5 Å². The zero-order valence-electron chi connectivity index (χ0n) is 16.8. The molecule has 0 saturated heterocycles. The third kappa shape index (κ3) is 6.74. The molecular weight excluding hydrogens is 402 g/mol. The molecule has 1 aromatic heterocycles. The third-order valence-electron chi connectivity index (χ3n) is 4.53. The van der Waals surface area contributed by atoms with E-state index in [0.717, 1.165) is 35.4 Å². The first kappa shape index (κ1) is 23.2. The van der Waals surface area contributed by atoms with Gasteiger partial charge in [-0.15, -0.1) is 12.4 Å². The lowest BCUT2D eigenvalue weighted by atomic mass is 10.1. The molecule has 30 heavy (non-hydrogen) atoms. The SMILES string of the molecule is CCCC[C@@H](Nc1cc(-c2ccc(OCc3ccccc3)cc2)ncn1)C(=O)O.Cl. The van der Waals surface area contributed by atoms with Crippen molar-refractivity contribution in [1.82, 2.24) is 9.97 Å². The molecule has 0 aliphatic heterocycles. The largest absolute Gasteiger partial charge is 0.489 e. The van der Waals surface area contributed by atoms with E-state index in [9.17, 15) is 9.90 Å². The normalized spacial score (nSPS) is 11.2. The molecule has 6 nitrogen and oxygen atoms in total. The van der Waals surface area contributed by atoms with E-state index in [1.165, 1.54) is 6.33 Å². The van der Waals surface area contributed by atoms with E-state index < -0.39 is 12.0 Å². The number of carbonyl (C=O) groups is 1. The van der Waals surface area contributed by atoms with Crippen molar-refractivity contribution in [1.29, 1.82) is 0 Å². The smallest absolute Gasteiger partial charge is 0.326 e. The first-order valence-corrected chi connectivity index (χ1v) is 9.74. The summed E-state index contributed by atoms with van der Waals surface area (Å²) in [6.07, 6.45) is 3.78. The number of benzene rings is 2. The lowest BCUT2D eigenvalue weighted by Gasteiger charge is -2.15. The number of nitrogens with one attached hydrogen (secondary N) is 1. The van der Waals surface area contributed by atoms with Crippen LogP contribution >= 0.6 is 12.4 Å². The molecule has 0 aliphatic carbocycles. The minimum absolute atomic E-state index is 0. The van der Waals surface area contributed by atoms with Gasteiger partial charge in [0.2, 0.25) is 0 Å². The lowest BCUT2D eigenvalue weighted by molar-refractivity contribution is -0.138. The van der Waals surface area contributed by atoms with Crippen LogP contribution in [0.2, 0.25) is 0 Å². The number of aliphatic carboxylic acids is 1. The van der Waals surface area contributed by atoms with Gasteiger partial charge in [0, 0.05) is 11.6 Å². The predicted molar refractivity (Wildman–Crippen MR) is 120 cm³/mol. The number of hydrogen-bond acceptors (Lipinski definition) is 5. The van der Waals surface area contributed by atoms with Crippen molar-refractivity contribution < 1.29 is 14.6 Å². The summed E-state index contributed by atoms with van der Waals surface area (Å²) in [5.74, 6) is 0.400. The van der Waals surface area contributed by atoms with E-state index in [2.05, 4.69) is 15.3 Å². The Labute approximate surface area is 182 Å². The average molecular weight is 428 g/mol. The van der Waals surface area contributed by atoms with Gasteiger partial charge in [0.15, 0.2) is 0 Å². The number of halogens is 1. The highest BCUT2D eigenvalue weighted by Crippen LogP contribution is 2.23. The van der Waals surface area contributed by atoms with Gasteiger partial charge in [0.25, 0.3) is 0 Å². The van der Waals surface area contributed by atoms with Crippen LogP contribution < -0.4 is 10.1 Å². The summed E-state index contributed by atoms with van der Waals surface area (Å²) in [7, 11) is 0. The predicted octanol–water partition coefficient (Wildman–Crippen LogP) is 5.20. The summed E-state index contributed by atoms with van der Waals surface area (Å²) < 4.78 is 5.81. The molecule has 0 fully saturated rings. The maximum absolute atomic E-state index is 11.4. The Morgan fingerprint density at radius 1 is 1.10 bits per heavy atom. The third-order valence-corrected chi connectivity index (χ3v) is 4.53. The van der Waals surface area contributed by atoms with Crippen molar-refractivity contribution >= 4 is 24.2 Å². The Hall–Kier alpha value is -3.12. The molecule has 0 spiro atoms. The fourth-order valence-electron chi connectivity index (χ4n) is 2.90. The molecule has 3 rings (SSSR count). The maximum Gasteiger partial charge on any atom is 0.326 e. The number of ether oxygens (including phenoxy) is 1. The van der Waals surface area contributed by atoms with Gasteiger partial charge in [0.1, 0.15) is 30.5 Å². The first-order chi connectivity index (χ1) is 14.2. The monoisotopic (exact) mass is 427 g/mol. The van der Waals surface area contributed by atoms with Crippen molar-refractivity contribution in [2.75, 3.05) is 5.32 Å². The second kappa shape index (κ2) is 11.8. The fraction of sp³-hybridized carbons (Fsp3) is 0.261. The Morgan fingerprint density at radius 3 is 2.50 bits per heavy atom. The number of rotatable bonds is 10. The highest BCUT2D eigenvalue weighted by molar-refractivity contribution is 5.85. The molecule has 0 amide bonds. The number of carboxylic acid groups (broad SMARTS) is 1. The molecule has 2 N–H and O–H groups in total. The zero-order valence-corrected chi connectivity index (χ0v) is 17.6. The van der Waals surface area contributed by atoms with E-state index >= 15 is 0 Å². The second-order valence-corrected chi connectivity index (χ2v) is 6.76. The van der Waals surface area contributed by atoms with E-state index in [0.29, 0.717) is 18.8 Å². The van der Waals surface area contributed by atoms with Gasteiger partial charge in [-0.1, -0.05) is 50.1 Å². The van der Waals surface area contributed by atoms with Crippen LogP contribution in [0.1, 0.15) is 31.7 Å². The zero-order chi connectivity index (χ0) is 20.5. The second-order valence-electron chi connectivity index (χ2n) is 6.76. The molecule has 7 heteroatoms. The topological polar surface area (TPSA) is 84.3 Å². The Kier molecular flexibility index (Phi) is 9.09. The molecule has 158 valence electrons. The van der Waals surface area contributed by atoms with Crippen LogP contribution in [0.3, 0.4) is 0 Å². The van der Waals surface area contributed by atoms with Crippen LogP contribution in [0.25, 0.3) is 11.3 Å². The van der Waals surface area contributed by atoms with Crippen molar-refractivity contribution in [2.45, 2.75) is 38.8 Å².